The molecule has 0 aliphatic rings. The van der Waals surface area contributed by atoms with Gasteiger partial charge in [0.2, 0.25) is 5.28 Å². The van der Waals surface area contributed by atoms with Crippen molar-refractivity contribution in [3.63, 3.8) is 0 Å². The molecule has 2 aromatic rings. The Kier molecular flexibility index (Phi) is 3.98. The molecule has 0 aliphatic carbocycles. The first-order valence-corrected chi connectivity index (χ1v) is 6.11. The van der Waals surface area contributed by atoms with Gasteiger partial charge in [-0.2, -0.15) is 15.1 Å². The van der Waals surface area contributed by atoms with Crippen LogP contribution in [0.4, 0.5) is 5.82 Å². The van der Waals surface area contributed by atoms with Gasteiger partial charge < -0.3 is 10.1 Å². The quantitative estimate of drug-likeness (QED) is 0.813. The van der Waals surface area contributed by atoms with Crippen LogP contribution >= 0.6 is 11.6 Å². The summed E-state index contributed by atoms with van der Waals surface area (Å²) in [6, 6.07) is 0.152. The van der Waals surface area contributed by atoms with Crippen molar-refractivity contribution < 1.29 is 4.74 Å². The standard InChI is InChI=1S/C11H16ClN5O/c1-6(2)8(5-18-3)14-9-7-4-13-17-10(7)16-11(12)15-9/h4,6,8H,5H2,1-3H3,(H2,13,14,15,16,17). The summed E-state index contributed by atoms with van der Waals surface area (Å²) in [7, 11) is 1.68. The molecule has 2 rings (SSSR count). The molecule has 0 bridgehead atoms. The van der Waals surface area contributed by atoms with Crippen molar-refractivity contribution in [1.82, 2.24) is 20.2 Å². The van der Waals surface area contributed by atoms with Gasteiger partial charge in [0.1, 0.15) is 5.82 Å². The number of hydrogen-bond donors (Lipinski definition) is 2. The average molecular weight is 270 g/mol. The summed E-state index contributed by atoms with van der Waals surface area (Å²) in [5.74, 6) is 1.08. The van der Waals surface area contributed by atoms with Crippen LogP contribution in [0.2, 0.25) is 5.28 Å². The molecule has 0 aliphatic heterocycles. The van der Waals surface area contributed by atoms with Crippen LogP contribution in [0.15, 0.2) is 6.20 Å². The Morgan fingerprint density at radius 3 is 2.89 bits per heavy atom. The molecule has 2 N–H and O–H groups in total. The first-order valence-electron chi connectivity index (χ1n) is 5.74. The summed E-state index contributed by atoms with van der Waals surface area (Å²) in [5.41, 5.74) is 0.623. The fourth-order valence-electron chi connectivity index (χ4n) is 1.67. The third-order valence-corrected chi connectivity index (χ3v) is 2.92. The number of rotatable bonds is 5. The average Bonchev–Trinajstić information content (AvgIpc) is 2.76. The largest absolute Gasteiger partial charge is 0.383 e. The van der Waals surface area contributed by atoms with Gasteiger partial charge in [0.25, 0.3) is 0 Å². The zero-order valence-electron chi connectivity index (χ0n) is 10.6. The summed E-state index contributed by atoms with van der Waals surface area (Å²) in [5, 5.41) is 11.1. The molecule has 0 fully saturated rings. The van der Waals surface area contributed by atoms with Crippen LogP contribution in [0.5, 0.6) is 0 Å². The Labute approximate surface area is 110 Å². The van der Waals surface area contributed by atoms with Crippen LogP contribution in [0.3, 0.4) is 0 Å². The number of aromatic amines is 1. The smallest absolute Gasteiger partial charge is 0.226 e. The van der Waals surface area contributed by atoms with Gasteiger partial charge in [-0.3, -0.25) is 5.10 Å². The number of aromatic nitrogens is 4. The molecule has 1 unspecified atom stereocenters. The van der Waals surface area contributed by atoms with Crippen LogP contribution in [-0.4, -0.2) is 39.9 Å². The summed E-state index contributed by atoms with van der Waals surface area (Å²) >= 11 is 5.88. The molecule has 18 heavy (non-hydrogen) atoms. The molecule has 0 saturated heterocycles. The summed E-state index contributed by atoms with van der Waals surface area (Å²) in [6.07, 6.45) is 1.68. The van der Waals surface area contributed by atoms with Crippen LogP contribution in [0.25, 0.3) is 11.0 Å². The molecule has 0 radical (unpaired) electrons. The van der Waals surface area contributed by atoms with Gasteiger partial charge in [-0.1, -0.05) is 13.8 Å². The number of ether oxygens (including phenoxy) is 1. The van der Waals surface area contributed by atoms with E-state index in [9.17, 15) is 0 Å². The molecule has 1 atom stereocenters. The van der Waals surface area contributed by atoms with Crippen LogP contribution in [0, 0.1) is 5.92 Å². The zero-order valence-corrected chi connectivity index (χ0v) is 11.3. The highest BCUT2D eigenvalue weighted by Crippen LogP contribution is 2.22. The molecule has 2 aromatic heterocycles. The van der Waals surface area contributed by atoms with E-state index in [1.54, 1.807) is 13.3 Å². The highest BCUT2D eigenvalue weighted by molar-refractivity contribution is 6.28. The number of hydrogen-bond acceptors (Lipinski definition) is 5. The van der Waals surface area contributed by atoms with Crippen molar-refractivity contribution in [2.75, 3.05) is 19.0 Å². The van der Waals surface area contributed by atoms with Gasteiger partial charge in [0.15, 0.2) is 5.65 Å². The summed E-state index contributed by atoms with van der Waals surface area (Å²) in [6.45, 7) is 4.83. The van der Waals surface area contributed by atoms with Gasteiger partial charge >= 0.3 is 0 Å². The van der Waals surface area contributed by atoms with Crippen molar-refractivity contribution in [3.8, 4) is 0 Å². The molecule has 0 aromatic carbocycles. The zero-order chi connectivity index (χ0) is 13.1. The third-order valence-electron chi connectivity index (χ3n) is 2.76. The van der Waals surface area contributed by atoms with E-state index < -0.39 is 0 Å². The van der Waals surface area contributed by atoms with E-state index >= 15 is 0 Å². The number of nitrogens with zero attached hydrogens (tertiary/aromatic N) is 3. The van der Waals surface area contributed by atoms with Crippen molar-refractivity contribution in [2.45, 2.75) is 19.9 Å². The summed E-state index contributed by atoms with van der Waals surface area (Å²) < 4.78 is 5.20. The fourth-order valence-corrected chi connectivity index (χ4v) is 1.84. The maximum absolute atomic E-state index is 5.88. The second-order valence-corrected chi connectivity index (χ2v) is 4.76. The molecular weight excluding hydrogens is 254 g/mol. The predicted octanol–water partition coefficient (Wildman–Crippen LogP) is 2.09. The minimum absolute atomic E-state index is 0.152. The minimum Gasteiger partial charge on any atom is -0.383 e. The van der Waals surface area contributed by atoms with E-state index in [4.69, 9.17) is 16.3 Å². The highest BCUT2D eigenvalue weighted by atomic mass is 35.5. The van der Waals surface area contributed by atoms with E-state index in [2.05, 4.69) is 39.3 Å². The summed E-state index contributed by atoms with van der Waals surface area (Å²) in [4.78, 5) is 8.27. The number of halogens is 1. The second-order valence-electron chi connectivity index (χ2n) is 4.42. The molecule has 6 nitrogen and oxygen atoms in total. The first-order chi connectivity index (χ1) is 8.61. The van der Waals surface area contributed by atoms with E-state index in [0.717, 1.165) is 5.39 Å². The van der Waals surface area contributed by atoms with E-state index in [1.807, 2.05) is 0 Å². The molecular formula is C11H16ClN5O. The SMILES string of the molecule is COCC(Nc1nc(Cl)nc2[nH]ncc12)C(C)C. The van der Waals surface area contributed by atoms with Crippen LogP contribution in [0.1, 0.15) is 13.8 Å². The van der Waals surface area contributed by atoms with Gasteiger partial charge in [0, 0.05) is 7.11 Å². The highest BCUT2D eigenvalue weighted by Gasteiger charge is 2.16. The monoisotopic (exact) mass is 269 g/mol. The van der Waals surface area contributed by atoms with E-state index in [1.165, 1.54) is 0 Å². The molecule has 2 heterocycles. The normalized spacial score (nSPS) is 13.2. The molecule has 7 heteroatoms. The number of H-pyrrole nitrogens is 1. The maximum Gasteiger partial charge on any atom is 0.226 e. The van der Waals surface area contributed by atoms with Gasteiger partial charge in [0.05, 0.1) is 24.2 Å². The number of fused-ring (bicyclic) bond motifs is 1. The predicted molar refractivity (Wildman–Crippen MR) is 70.8 cm³/mol. The third kappa shape index (κ3) is 2.70. The number of methoxy groups -OCH3 is 1. The molecule has 98 valence electrons. The first kappa shape index (κ1) is 13.0. The maximum atomic E-state index is 5.88. The van der Waals surface area contributed by atoms with Crippen molar-refractivity contribution in [2.24, 2.45) is 5.92 Å². The fraction of sp³-hybridized carbons (Fsp3) is 0.545. The lowest BCUT2D eigenvalue weighted by atomic mass is 10.1. The lowest BCUT2D eigenvalue weighted by Crippen LogP contribution is -2.30. The Balaban J connectivity index is 2.32. The lowest BCUT2D eigenvalue weighted by Gasteiger charge is -2.22. The van der Waals surface area contributed by atoms with Gasteiger partial charge in [-0.25, -0.2) is 0 Å². The van der Waals surface area contributed by atoms with E-state index in [-0.39, 0.29) is 11.3 Å². The minimum atomic E-state index is 0.152. The van der Waals surface area contributed by atoms with Crippen molar-refractivity contribution in [1.29, 1.82) is 0 Å². The Morgan fingerprint density at radius 2 is 2.22 bits per heavy atom. The van der Waals surface area contributed by atoms with Crippen molar-refractivity contribution in [3.05, 3.63) is 11.5 Å². The van der Waals surface area contributed by atoms with Crippen molar-refractivity contribution >= 4 is 28.5 Å². The van der Waals surface area contributed by atoms with Crippen LogP contribution in [-0.2, 0) is 4.74 Å². The second kappa shape index (κ2) is 5.49. The Hall–Kier alpha value is -1.40. The van der Waals surface area contributed by atoms with E-state index in [0.29, 0.717) is 24.0 Å². The van der Waals surface area contributed by atoms with Gasteiger partial charge in [-0.05, 0) is 17.5 Å². The molecule has 0 saturated carbocycles. The Bertz CT molecular complexity index is 527. The van der Waals surface area contributed by atoms with Crippen LogP contribution < -0.4 is 5.32 Å². The van der Waals surface area contributed by atoms with Gasteiger partial charge in [-0.15, -0.1) is 0 Å². The lowest BCUT2D eigenvalue weighted by molar-refractivity contribution is 0.171. The number of anilines is 1. The molecule has 0 amide bonds. The number of nitrogens with one attached hydrogen (secondary N) is 2. The molecule has 0 spiro atoms. The topological polar surface area (TPSA) is 75.7 Å². The Morgan fingerprint density at radius 1 is 1.44 bits per heavy atom.